The lowest BCUT2D eigenvalue weighted by Crippen LogP contribution is -2.32. The summed E-state index contributed by atoms with van der Waals surface area (Å²) in [5.74, 6) is 0.788. The van der Waals surface area contributed by atoms with E-state index in [1.165, 1.54) is 12.1 Å². The van der Waals surface area contributed by atoms with Crippen LogP contribution in [-0.2, 0) is 5.41 Å². The molecule has 1 aliphatic rings. The van der Waals surface area contributed by atoms with Crippen LogP contribution in [-0.4, -0.2) is 12.5 Å². The normalized spacial score (nSPS) is 14.4. The zero-order valence-corrected chi connectivity index (χ0v) is 14.8. The van der Waals surface area contributed by atoms with Crippen LogP contribution >= 0.6 is 0 Å². The molecule has 0 aliphatic heterocycles. The molecule has 3 aromatic carbocycles. The van der Waals surface area contributed by atoms with E-state index in [4.69, 9.17) is 4.74 Å². The molecule has 0 bridgehead atoms. The number of rotatable bonds is 6. The van der Waals surface area contributed by atoms with E-state index >= 15 is 0 Å². The molecule has 3 nitrogen and oxygen atoms in total. The molecule has 27 heavy (non-hydrogen) atoms. The summed E-state index contributed by atoms with van der Waals surface area (Å²) < 4.78 is 19.0. The minimum absolute atomic E-state index is 0.0847. The lowest BCUT2D eigenvalue weighted by Gasteiger charge is -2.17. The van der Waals surface area contributed by atoms with Crippen LogP contribution in [0.2, 0.25) is 0 Å². The van der Waals surface area contributed by atoms with Crippen molar-refractivity contribution in [1.82, 2.24) is 5.32 Å². The van der Waals surface area contributed by atoms with Crippen LogP contribution < -0.4 is 10.1 Å². The molecule has 1 N–H and O–H groups in total. The smallest absolute Gasteiger partial charge is 0.255 e. The molecular formula is C23H20FNO2. The van der Waals surface area contributed by atoms with Crippen molar-refractivity contribution < 1.29 is 13.9 Å². The van der Waals surface area contributed by atoms with Crippen LogP contribution in [0.4, 0.5) is 4.39 Å². The first kappa shape index (κ1) is 17.3. The molecule has 1 amide bonds. The highest BCUT2D eigenvalue weighted by atomic mass is 19.1. The Morgan fingerprint density at radius 3 is 2.30 bits per heavy atom. The van der Waals surface area contributed by atoms with Gasteiger partial charge < -0.3 is 10.1 Å². The number of nitrogens with one attached hydrogen (secondary N) is 1. The van der Waals surface area contributed by atoms with E-state index in [0.29, 0.717) is 23.6 Å². The minimum atomic E-state index is -0.245. The summed E-state index contributed by atoms with van der Waals surface area (Å²) in [6.45, 7) is 0.525. The van der Waals surface area contributed by atoms with Gasteiger partial charge in [-0.25, -0.2) is 4.39 Å². The van der Waals surface area contributed by atoms with Gasteiger partial charge in [-0.15, -0.1) is 0 Å². The van der Waals surface area contributed by atoms with E-state index in [1.807, 2.05) is 42.5 Å². The topological polar surface area (TPSA) is 38.3 Å². The molecular weight excluding hydrogens is 341 g/mol. The zero-order valence-electron chi connectivity index (χ0n) is 14.8. The van der Waals surface area contributed by atoms with Gasteiger partial charge in [0.1, 0.15) is 17.3 Å². The monoisotopic (exact) mass is 361 g/mol. The average Bonchev–Trinajstić information content (AvgIpc) is 3.49. The first-order valence-electron chi connectivity index (χ1n) is 9.02. The Kier molecular flexibility index (Phi) is 4.63. The minimum Gasteiger partial charge on any atom is -0.457 e. The van der Waals surface area contributed by atoms with Crippen LogP contribution in [0.5, 0.6) is 11.5 Å². The maximum Gasteiger partial charge on any atom is 0.255 e. The highest BCUT2D eigenvalue weighted by Gasteiger charge is 2.44. The van der Waals surface area contributed by atoms with E-state index in [0.717, 1.165) is 18.4 Å². The fourth-order valence-corrected chi connectivity index (χ4v) is 3.23. The highest BCUT2D eigenvalue weighted by Crippen LogP contribution is 2.47. The maximum absolute atomic E-state index is 13.2. The third kappa shape index (κ3) is 3.85. The van der Waals surface area contributed by atoms with Gasteiger partial charge in [0.15, 0.2) is 0 Å². The van der Waals surface area contributed by atoms with Gasteiger partial charge in [-0.05, 0) is 54.8 Å². The van der Waals surface area contributed by atoms with Gasteiger partial charge in [-0.1, -0.05) is 42.5 Å². The third-order valence-electron chi connectivity index (χ3n) is 5.00. The second-order valence-electron chi connectivity index (χ2n) is 6.88. The maximum atomic E-state index is 13.2. The van der Waals surface area contributed by atoms with Crippen molar-refractivity contribution in [1.29, 1.82) is 0 Å². The lowest BCUT2D eigenvalue weighted by molar-refractivity contribution is 0.0947. The number of ether oxygens (including phenoxy) is 1. The van der Waals surface area contributed by atoms with Gasteiger partial charge in [0.05, 0.1) is 5.56 Å². The third-order valence-corrected chi connectivity index (χ3v) is 5.00. The first-order valence-corrected chi connectivity index (χ1v) is 9.02. The van der Waals surface area contributed by atoms with Gasteiger partial charge in [-0.2, -0.15) is 0 Å². The summed E-state index contributed by atoms with van der Waals surface area (Å²) in [5.41, 5.74) is 1.48. The van der Waals surface area contributed by atoms with Gasteiger partial charge >= 0.3 is 0 Å². The number of amides is 1. The van der Waals surface area contributed by atoms with Crippen molar-refractivity contribution in [2.75, 3.05) is 6.54 Å². The zero-order chi connectivity index (χ0) is 18.7. The molecule has 0 saturated heterocycles. The molecule has 0 spiro atoms. The molecule has 1 saturated carbocycles. The molecule has 4 rings (SSSR count). The Bertz CT molecular complexity index is 934. The Labute approximate surface area is 157 Å². The molecule has 0 atom stereocenters. The van der Waals surface area contributed by atoms with Crippen molar-refractivity contribution in [2.45, 2.75) is 18.3 Å². The quantitative estimate of drug-likeness (QED) is 0.665. The summed E-state index contributed by atoms with van der Waals surface area (Å²) in [4.78, 5) is 12.8. The Balaban J connectivity index is 1.47. The van der Waals surface area contributed by atoms with Crippen LogP contribution in [0.15, 0.2) is 78.9 Å². The van der Waals surface area contributed by atoms with Crippen LogP contribution in [0.1, 0.15) is 28.8 Å². The number of hydrogen-bond donors (Lipinski definition) is 1. The highest BCUT2D eigenvalue weighted by molar-refractivity contribution is 5.97. The molecule has 0 heterocycles. The van der Waals surface area contributed by atoms with Crippen molar-refractivity contribution >= 4 is 5.91 Å². The van der Waals surface area contributed by atoms with Gasteiger partial charge in [0.2, 0.25) is 0 Å². The summed E-state index contributed by atoms with van der Waals surface area (Å²) in [6.07, 6.45) is 1.97. The second kappa shape index (κ2) is 7.23. The van der Waals surface area contributed by atoms with Crippen molar-refractivity contribution in [2.24, 2.45) is 0 Å². The fraction of sp³-hybridized carbons (Fsp3) is 0.174. The number of hydrogen-bond acceptors (Lipinski definition) is 2. The summed E-state index contributed by atoms with van der Waals surface area (Å²) in [7, 11) is 0. The largest absolute Gasteiger partial charge is 0.457 e. The SMILES string of the molecule is O=C(NCC1(c2ccc(F)cc2)CC1)c1ccccc1Oc1ccccc1. The number of benzene rings is 3. The molecule has 3 aromatic rings. The number of carbonyl (C=O) groups is 1. The molecule has 4 heteroatoms. The lowest BCUT2D eigenvalue weighted by atomic mass is 9.96. The predicted octanol–water partition coefficient (Wildman–Crippen LogP) is 5.08. The summed E-state index contributed by atoms with van der Waals surface area (Å²) in [6, 6.07) is 23.1. The van der Waals surface area contributed by atoms with Gasteiger partial charge in [0.25, 0.3) is 5.91 Å². The second-order valence-corrected chi connectivity index (χ2v) is 6.88. The average molecular weight is 361 g/mol. The van der Waals surface area contributed by atoms with E-state index in [-0.39, 0.29) is 17.1 Å². The molecule has 1 fully saturated rings. The van der Waals surface area contributed by atoms with Crippen molar-refractivity contribution in [3.63, 3.8) is 0 Å². The van der Waals surface area contributed by atoms with E-state index in [2.05, 4.69) is 5.32 Å². The summed E-state index contributed by atoms with van der Waals surface area (Å²) in [5, 5.41) is 3.03. The molecule has 136 valence electrons. The van der Waals surface area contributed by atoms with E-state index in [1.54, 1.807) is 24.3 Å². The fourth-order valence-electron chi connectivity index (χ4n) is 3.23. The summed E-state index contributed by atoms with van der Waals surface area (Å²) >= 11 is 0. The van der Waals surface area contributed by atoms with Crippen molar-refractivity contribution in [3.8, 4) is 11.5 Å². The van der Waals surface area contributed by atoms with Crippen LogP contribution in [0, 0.1) is 5.82 Å². The predicted molar refractivity (Wildman–Crippen MR) is 103 cm³/mol. The number of halogens is 1. The molecule has 0 radical (unpaired) electrons. The Morgan fingerprint density at radius 1 is 0.926 bits per heavy atom. The molecule has 1 aliphatic carbocycles. The first-order chi connectivity index (χ1) is 13.2. The Hall–Kier alpha value is -3.14. The van der Waals surface area contributed by atoms with E-state index < -0.39 is 0 Å². The van der Waals surface area contributed by atoms with Gasteiger partial charge in [0, 0.05) is 12.0 Å². The standard InChI is InChI=1S/C23H20FNO2/c24-18-12-10-17(11-13-18)23(14-15-23)16-25-22(26)20-8-4-5-9-21(20)27-19-6-2-1-3-7-19/h1-13H,14-16H2,(H,25,26). The Morgan fingerprint density at radius 2 is 1.59 bits per heavy atom. The van der Waals surface area contributed by atoms with E-state index in [9.17, 15) is 9.18 Å². The number of carbonyl (C=O) groups excluding carboxylic acids is 1. The number of para-hydroxylation sites is 2. The van der Waals surface area contributed by atoms with Crippen LogP contribution in [0.3, 0.4) is 0 Å². The van der Waals surface area contributed by atoms with Gasteiger partial charge in [-0.3, -0.25) is 4.79 Å². The molecule has 0 unspecified atom stereocenters. The van der Waals surface area contributed by atoms with Crippen molar-refractivity contribution in [3.05, 3.63) is 95.8 Å². The van der Waals surface area contributed by atoms with Crippen LogP contribution in [0.25, 0.3) is 0 Å². The molecule has 0 aromatic heterocycles.